The Hall–Kier alpha value is -1.68. The SMILES string of the molecule is Cc1cc(-c2c(C3CCCN3)n[nH]c2C)ccc1F. The number of aryl methyl sites for hydroxylation is 2. The predicted octanol–water partition coefficient (Wildman–Crippen LogP) is 3.26. The number of aromatic nitrogens is 2. The Balaban J connectivity index is 2.08. The highest BCUT2D eigenvalue weighted by atomic mass is 19.1. The van der Waals surface area contributed by atoms with Crippen LogP contribution in [0.5, 0.6) is 0 Å². The van der Waals surface area contributed by atoms with Crippen LogP contribution in [-0.2, 0) is 0 Å². The lowest BCUT2D eigenvalue weighted by Gasteiger charge is -2.11. The molecule has 1 atom stereocenters. The Morgan fingerprint density at radius 1 is 1.32 bits per heavy atom. The summed E-state index contributed by atoms with van der Waals surface area (Å²) in [5.74, 6) is -0.162. The van der Waals surface area contributed by atoms with Crippen LogP contribution in [0.4, 0.5) is 4.39 Å². The van der Waals surface area contributed by atoms with E-state index in [1.165, 1.54) is 12.5 Å². The molecular weight excluding hydrogens is 241 g/mol. The van der Waals surface area contributed by atoms with E-state index in [9.17, 15) is 4.39 Å². The quantitative estimate of drug-likeness (QED) is 0.869. The molecule has 4 heteroatoms. The maximum atomic E-state index is 13.4. The molecule has 0 amide bonds. The lowest BCUT2D eigenvalue weighted by atomic mass is 9.97. The van der Waals surface area contributed by atoms with E-state index in [2.05, 4.69) is 15.5 Å². The Bertz CT molecular complexity index is 597. The Morgan fingerprint density at radius 2 is 2.16 bits per heavy atom. The summed E-state index contributed by atoms with van der Waals surface area (Å²) in [7, 11) is 0. The Kier molecular flexibility index (Phi) is 3.11. The van der Waals surface area contributed by atoms with Crippen molar-refractivity contribution >= 4 is 0 Å². The van der Waals surface area contributed by atoms with Crippen molar-refractivity contribution in [1.29, 1.82) is 0 Å². The minimum atomic E-state index is -0.162. The third-order valence-electron chi connectivity index (χ3n) is 3.81. The smallest absolute Gasteiger partial charge is 0.126 e. The van der Waals surface area contributed by atoms with Gasteiger partial charge in [0.15, 0.2) is 0 Å². The van der Waals surface area contributed by atoms with Gasteiger partial charge in [0.05, 0.1) is 11.7 Å². The van der Waals surface area contributed by atoms with E-state index in [1.54, 1.807) is 6.92 Å². The van der Waals surface area contributed by atoms with Crippen molar-refractivity contribution < 1.29 is 4.39 Å². The van der Waals surface area contributed by atoms with Crippen molar-refractivity contribution in [2.45, 2.75) is 32.7 Å². The molecule has 1 aromatic carbocycles. The van der Waals surface area contributed by atoms with Crippen molar-refractivity contribution in [3.05, 3.63) is 41.0 Å². The Morgan fingerprint density at radius 3 is 2.84 bits per heavy atom. The van der Waals surface area contributed by atoms with E-state index in [1.807, 2.05) is 19.1 Å². The lowest BCUT2D eigenvalue weighted by molar-refractivity contribution is 0.618. The van der Waals surface area contributed by atoms with E-state index in [0.717, 1.165) is 35.5 Å². The van der Waals surface area contributed by atoms with Crippen LogP contribution < -0.4 is 5.32 Å². The van der Waals surface area contributed by atoms with Crippen LogP contribution in [0.1, 0.15) is 35.8 Å². The molecule has 2 aromatic rings. The molecule has 2 heterocycles. The molecule has 1 aliphatic heterocycles. The van der Waals surface area contributed by atoms with Gasteiger partial charge in [0.25, 0.3) is 0 Å². The van der Waals surface area contributed by atoms with Crippen LogP contribution in [0.15, 0.2) is 18.2 Å². The molecule has 3 nitrogen and oxygen atoms in total. The highest BCUT2D eigenvalue weighted by Crippen LogP contribution is 2.33. The van der Waals surface area contributed by atoms with Gasteiger partial charge in [-0.25, -0.2) is 4.39 Å². The summed E-state index contributed by atoms with van der Waals surface area (Å²) in [5.41, 5.74) is 4.91. The number of hydrogen-bond acceptors (Lipinski definition) is 2. The zero-order valence-corrected chi connectivity index (χ0v) is 11.3. The van der Waals surface area contributed by atoms with E-state index >= 15 is 0 Å². The lowest BCUT2D eigenvalue weighted by Crippen LogP contribution is -2.14. The van der Waals surface area contributed by atoms with Crippen molar-refractivity contribution in [1.82, 2.24) is 15.5 Å². The highest BCUT2D eigenvalue weighted by molar-refractivity contribution is 5.69. The number of nitrogens with zero attached hydrogens (tertiary/aromatic N) is 1. The molecule has 0 saturated carbocycles. The number of halogens is 1. The maximum Gasteiger partial charge on any atom is 0.126 e. The van der Waals surface area contributed by atoms with Gasteiger partial charge < -0.3 is 5.32 Å². The zero-order chi connectivity index (χ0) is 13.4. The first-order valence-corrected chi connectivity index (χ1v) is 6.71. The first-order chi connectivity index (χ1) is 9.16. The molecule has 1 unspecified atom stereocenters. The number of aromatic amines is 1. The first-order valence-electron chi connectivity index (χ1n) is 6.71. The van der Waals surface area contributed by atoms with Gasteiger partial charge in [-0.2, -0.15) is 5.10 Å². The number of H-pyrrole nitrogens is 1. The zero-order valence-electron chi connectivity index (χ0n) is 11.3. The van der Waals surface area contributed by atoms with E-state index in [4.69, 9.17) is 0 Å². The van der Waals surface area contributed by atoms with E-state index < -0.39 is 0 Å². The van der Waals surface area contributed by atoms with Gasteiger partial charge in [-0.3, -0.25) is 5.10 Å². The molecule has 3 rings (SSSR count). The highest BCUT2D eigenvalue weighted by Gasteiger charge is 2.24. The van der Waals surface area contributed by atoms with Crippen LogP contribution in [-0.4, -0.2) is 16.7 Å². The monoisotopic (exact) mass is 259 g/mol. The molecule has 19 heavy (non-hydrogen) atoms. The normalized spacial score (nSPS) is 19.0. The summed E-state index contributed by atoms with van der Waals surface area (Å²) in [6.45, 7) is 4.85. The molecule has 2 N–H and O–H groups in total. The Labute approximate surface area is 112 Å². The summed E-state index contributed by atoms with van der Waals surface area (Å²) in [6.07, 6.45) is 2.29. The molecule has 0 spiro atoms. The fourth-order valence-electron chi connectivity index (χ4n) is 2.78. The summed E-state index contributed by atoms with van der Waals surface area (Å²) < 4.78 is 13.4. The fraction of sp³-hybridized carbons (Fsp3) is 0.400. The summed E-state index contributed by atoms with van der Waals surface area (Å²) in [4.78, 5) is 0. The fourth-order valence-corrected chi connectivity index (χ4v) is 2.78. The second-order valence-corrected chi connectivity index (χ2v) is 5.22. The van der Waals surface area contributed by atoms with Crippen molar-refractivity contribution in [3.63, 3.8) is 0 Å². The summed E-state index contributed by atoms with van der Waals surface area (Å²) >= 11 is 0. The topological polar surface area (TPSA) is 40.7 Å². The molecule has 1 saturated heterocycles. The predicted molar refractivity (Wildman–Crippen MR) is 73.4 cm³/mol. The molecular formula is C15H18FN3. The first kappa shape index (κ1) is 12.4. The number of rotatable bonds is 2. The van der Waals surface area contributed by atoms with E-state index in [-0.39, 0.29) is 5.82 Å². The van der Waals surface area contributed by atoms with Crippen LogP contribution >= 0.6 is 0 Å². The minimum Gasteiger partial charge on any atom is -0.309 e. The number of hydrogen-bond donors (Lipinski definition) is 2. The van der Waals surface area contributed by atoms with Crippen molar-refractivity contribution in [2.75, 3.05) is 6.54 Å². The van der Waals surface area contributed by atoms with Gasteiger partial charge >= 0.3 is 0 Å². The molecule has 100 valence electrons. The second kappa shape index (κ2) is 4.78. The summed E-state index contributed by atoms with van der Waals surface area (Å²) in [6, 6.07) is 5.57. The largest absolute Gasteiger partial charge is 0.309 e. The second-order valence-electron chi connectivity index (χ2n) is 5.22. The number of benzene rings is 1. The van der Waals surface area contributed by atoms with Crippen LogP contribution in [0.3, 0.4) is 0 Å². The molecule has 0 radical (unpaired) electrons. The molecule has 1 aliphatic rings. The van der Waals surface area contributed by atoms with Gasteiger partial charge in [-0.1, -0.05) is 6.07 Å². The molecule has 1 aromatic heterocycles. The van der Waals surface area contributed by atoms with E-state index in [0.29, 0.717) is 11.6 Å². The van der Waals surface area contributed by atoms with Gasteiger partial charge in [0.2, 0.25) is 0 Å². The third-order valence-corrected chi connectivity index (χ3v) is 3.81. The number of nitrogens with one attached hydrogen (secondary N) is 2. The average molecular weight is 259 g/mol. The molecule has 1 fully saturated rings. The molecule has 0 bridgehead atoms. The van der Waals surface area contributed by atoms with Crippen molar-refractivity contribution in [3.8, 4) is 11.1 Å². The summed E-state index contributed by atoms with van der Waals surface area (Å²) in [5, 5.41) is 11.0. The van der Waals surface area contributed by atoms with Gasteiger partial charge in [-0.05, 0) is 56.5 Å². The van der Waals surface area contributed by atoms with Gasteiger partial charge in [-0.15, -0.1) is 0 Å². The van der Waals surface area contributed by atoms with Crippen LogP contribution in [0.2, 0.25) is 0 Å². The minimum absolute atomic E-state index is 0.162. The van der Waals surface area contributed by atoms with Gasteiger partial charge in [0, 0.05) is 11.3 Å². The maximum absolute atomic E-state index is 13.4. The van der Waals surface area contributed by atoms with Crippen molar-refractivity contribution in [2.24, 2.45) is 0 Å². The van der Waals surface area contributed by atoms with Crippen LogP contribution in [0, 0.1) is 19.7 Å². The third kappa shape index (κ3) is 2.16. The molecule has 0 aliphatic carbocycles. The standard InChI is InChI=1S/C15H18FN3/c1-9-8-11(5-6-12(9)16)14-10(2)18-19-15(14)13-4-3-7-17-13/h5-6,8,13,17H,3-4,7H2,1-2H3,(H,18,19). The van der Waals surface area contributed by atoms with Crippen LogP contribution in [0.25, 0.3) is 11.1 Å². The average Bonchev–Trinajstić information content (AvgIpc) is 3.01. The van der Waals surface area contributed by atoms with Gasteiger partial charge in [0.1, 0.15) is 5.82 Å².